The van der Waals surface area contributed by atoms with E-state index in [0.29, 0.717) is 61.5 Å². The zero-order chi connectivity index (χ0) is 32.4. The first-order chi connectivity index (χ1) is 20.9. The van der Waals surface area contributed by atoms with E-state index in [1.54, 1.807) is 46.3 Å². The fraction of sp³-hybridized carbons (Fsp3) is 0.543. The molecule has 2 unspecified atom stereocenters. The van der Waals surface area contributed by atoms with Gasteiger partial charge in [-0.05, 0) is 73.9 Å². The summed E-state index contributed by atoms with van der Waals surface area (Å²) in [6.07, 6.45) is 2.70. The van der Waals surface area contributed by atoms with Gasteiger partial charge in [0.25, 0.3) is 5.91 Å². The van der Waals surface area contributed by atoms with Gasteiger partial charge in [-0.15, -0.1) is 0 Å². The highest BCUT2D eigenvalue weighted by Crippen LogP contribution is 2.32. The van der Waals surface area contributed by atoms with E-state index in [4.69, 9.17) is 18.9 Å². The predicted octanol–water partition coefficient (Wildman–Crippen LogP) is 5.91. The first-order valence-corrected chi connectivity index (χ1v) is 15.4. The topological polar surface area (TPSA) is 108 Å². The molecule has 0 aliphatic carbocycles. The molecule has 2 aromatic carbocycles. The molecule has 3 rings (SSSR count). The van der Waals surface area contributed by atoms with Crippen LogP contribution in [0.1, 0.15) is 84.0 Å². The number of methoxy groups -OCH3 is 2. The van der Waals surface area contributed by atoms with Gasteiger partial charge in [-0.25, -0.2) is 4.79 Å². The Morgan fingerprint density at radius 1 is 0.977 bits per heavy atom. The maximum absolute atomic E-state index is 13.8. The van der Waals surface area contributed by atoms with Crippen LogP contribution in [0.25, 0.3) is 0 Å². The van der Waals surface area contributed by atoms with Crippen molar-refractivity contribution in [3.63, 3.8) is 0 Å². The molecule has 9 nitrogen and oxygen atoms in total. The Bertz CT molecular complexity index is 1320. The second kappa shape index (κ2) is 15.7. The van der Waals surface area contributed by atoms with Gasteiger partial charge in [0, 0.05) is 17.9 Å². The third-order valence-corrected chi connectivity index (χ3v) is 8.39. The van der Waals surface area contributed by atoms with E-state index in [0.717, 1.165) is 12.0 Å². The molecular weight excluding hydrogens is 562 g/mol. The monoisotopic (exact) mass is 609 g/mol. The Morgan fingerprint density at radius 3 is 2.36 bits per heavy atom. The molecule has 1 amide bonds. The number of nitrogens with zero attached hydrogens (tertiary/aromatic N) is 1. The smallest absolute Gasteiger partial charge is 0.329 e. The summed E-state index contributed by atoms with van der Waals surface area (Å²) in [7, 11) is 3.15. The lowest BCUT2D eigenvalue weighted by atomic mass is 9.84. The van der Waals surface area contributed by atoms with Crippen molar-refractivity contribution in [2.75, 3.05) is 27.4 Å². The molecular formula is C35H47NO8. The first kappa shape index (κ1) is 34.6. The number of piperidine rings is 1. The Kier molecular flexibility index (Phi) is 12.4. The molecule has 1 heterocycles. The van der Waals surface area contributed by atoms with Crippen molar-refractivity contribution >= 4 is 23.4 Å². The number of carbonyl (C=O) groups is 4. The minimum Gasteiger partial charge on any atom is -0.493 e. The number of Topliss-reactive ketones (excluding diaryl/α,β-unsaturated/α-hetero) is 2. The Hall–Kier alpha value is -3.88. The van der Waals surface area contributed by atoms with Gasteiger partial charge in [-0.3, -0.25) is 14.4 Å². The van der Waals surface area contributed by atoms with E-state index in [1.165, 1.54) is 4.90 Å². The number of benzene rings is 2. The van der Waals surface area contributed by atoms with Gasteiger partial charge in [0.2, 0.25) is 5.78 Å². The molecule has 9 heteroatoms. The first-order valence-electron chi connectivity index (χ1n) is 15.4. The number of carbonyl (C=O) groups excluding carboxylic acids is 4. The van der Waals surface area contributed by atoms with Crippen molar-refractivity contribution in [3.05, 3.63) is 53.6 Å². The molecule has 0 aromatic heterocycles. The standard InChI is InChI=1S/C35H47NO8/c1-8-35(4,5)32(38)33(39)36-19-10-9-14-27(36)34(40)44-29(17-15-24-16-18-30(41-6)31(20-24)42-7)25-12-11-13-26(21-25)43-22-28(37)23(2)3/h11-13,16,18,20-21,23,27,29H,8-10,14-15,17,19,22H2,1-7H3. The molecule has 1 saturated heterocycles. The van der Waals surface area contributed by atoms with Crippen molar-refractivity contribution in [3.8, 4) is 17.2 Å². The number of hydrogen-bond donors (Lipinski definition) is 0. The number of amides is 1. The fourth-order valence-corrected chi connectivity index (χ4v) is 4.97. The van der Waals surface area contributed by atoms with Gasteiger partial charge in [0.15, 0.2) is 17.3 Å². The number of rotatable bonds is 15. The molecule has 0 saturated carbocycles. The average molecular weight is 610 g/mol. The predicted molar refractivity (Wildman–Crippen MR) is 167 cm³/mol. The minimum atomic E-state index is -0.848. The number of esters is 1. The van der Waals surface area contributed by atoms with E-state index in [9.17, 15) is 19.2 Å². The second-order valence-corrected chi connectivity index (χ2v) is 12.2. The molecule has 1 fully saturated rings. The number of hydrogen-bond acceptors (Lipinski definition) is 8. The summed E-state index contributed by atoms with van der Waals surface area (Å²) >= 11 is 0. The zero-order valence-electron chi connectivity index (χ0n) is 27.1. The normalized spacial score (nSPS) is 15.8. The highest BCUT2D eigenvalue weighted by molar-refractivity contribution is 6.38. The lowest BCUT2D eigenvalue weighted by Crippen LogP contribution is -2.53. The lowest BCUT2D eigenvalue weighted by Gasteiger charge is -2.36. The van der Waals surface area contributed by atoms with Gasteiger partial charge in [0.1, 0.15) is 24.5 Å². The molecule has 0 spiro atoms. The molecule has 44 heavy (non-hydrogen) atoms. The summed E-state index contributed by atoms with van der Waals surface area (Å²) in [5, 5.41) is 0. The van der Waals surface area contributed by atoms with Crippen LogP contribution in [0.2, 0.25) is 0 Å². The average Bonchev–Trinajstić information content (AvgIpc) is 3.04. The van der Waals surface area contributed by atoms with Crippen LogP contribution in [0.4, 0.5) is 0 Å². The number of likely N-dealkylation sites (tertiary alicyclic amines) is 1. The Morgan fingerprint density at radius 2 is 1.70 bits per heavy atom. The van der Waals surface area contributed by atoms with E-state index < -0.39 is 35.2 Å². The SMILES string of the molecule is CCC(C)(C)C(=O)C(=O)N1CCCCC1C(=O)OC(CCc1ccc(OC)c(OC)c1)c1cccc(OCC(=O)C(C)C)c1. The summed E-state index contributed by atoms with van der Waals surface area (Å²) in [5.74, 6) is -0.137. The molecule has 1 aliphatic heterocycles. The highest BCUT2D eigenvalue weighted by atomic mass is 16.5. The second-order valence-electron chi connectivity index (χ2n) is 12.2. The largest absolute Gasteiger partial charge is 0.493 e. The van der Waals surface area contributed by atoms with Gasteiger partial charge in [-0.1, -0.05) is 52.8 Å². The molecule has 240 valence electrons. The van der Waals surface area contributed by atoms with Crippen LogP contribution in [0.15, 0.2) is 42.5 Å². The maximum atomic E-state index is 13.8. The Balaban J connectivity index is 1.87. The van der Waals surface area contributed by atoms with E-state index in [2.05, 4.69) is 0 Å². The number of ether oxygens (including phenoxy) is 4. The fourth-order valence-electron chi connectivity index (χ4n) is 4.97. The van der Waals surface area contributed by atoms with Crippen LogP contribution in [-0.2, 0) is 30.3 Å². The van der Waals surface area contributed by atoms with Crippen molar-refractivity contribution in [2.24, 2.45) is 11.3 Å². The van der Waals surface area contributed by atoms with Gasteiger partial charge >= 0.3 is 5.97 Å². The van der Waals surface area contributed by atoms with Crippen molar-refractivity contribution in [1.82, 2.24) is 4.90 Å². The third-order valence-electron chi connectivity index (χ3n) is 8.39. The lowest BCUT2D eigenvalue weighted by molar-refractivity contribution is -0.164. The van der Waals surface area contributed by atoms with Crippen molar-refractivity contribution < 1.29 is 38.1 Å². The summed E-state index contributed by atoms with van der Waals surface area (Å²) in [6, 6.07) is 12.0. The van der Waals surface area contributed by atoms with Crippen molar-refractivity contribution in [2.45, 2.75) is 85.3 Å². The van der Waals surface area contributed by atoms with Crippen LogP contribution in [0.3, 0.4) is 0 Å². The zero-order valence-corrected chi connectivity index (χ0v) is 27.1. The van der Waals surface area contributed by atoms with Gasteiger partial charge in [0.05, 0.1) is 14.2 Å². The van der Waals surface area contributed by atoms with Gasteiger partial charge < -0.3 is 23.8 Å². The Labute approximate surface area is 261 Å². The van der Waals surface area contributed by atoms with Crippen LogP contribution < -0.4 is 14.2 Å². The van der Waals surface area contributed by atoms with E-state index >= 15 is 0 Å². The van der Waals surface area contributed by atoms with Crippen LogP contribution >= 0.6 is 0 Å². The van der Waals surface area contributed by atoms with Crippen LogP contribution in [0, 0.1) is 11.3 Å². The summed E-state index contributed by atoms with van der Waals surface area (Å²) in [6.45, 7) is 9.28. The molecule has 1 aliphatic rings. The minimum absolute atomic E-state index is 0.0188. The molecule has 0 bridgehead atoms. The number of aryl methyl sites for hydroxylation is 1. The molecule has 0 N–H and O–H groups in total. The van der Waals surface area contributed by atoms with Crippen LogP contribution in [0.5, 0.6) is 17.2 Å². The quantitative estimate of drug-likeness (QED) is 0.181. The number of ketones is 2. The highest BCUT2D eigenvalue weighted by Gasteiger charge is 2.41. The molecule has 0 radical (unpaired) electrons. The molecule has 2 aromatic rings. The van der Waals surface area contributed by atoms with Crippen LogP contribution in [-0.4, -0.2) is 61.8 Å². The van der Waals surface area contributed by atoms with E-state index in [1.807, 2.05) is 45.0 Å². The van der Waals surface area contributed by atoms with Gasteiger partial charge in [-0.2, -0.15) is 0 Å². The maximum Gasteiger partial charge on any atom is 0.329 e. The van der Waals surface area contributed by atoms with Crippen molar-refractivity contribution in [1.29, 1.82) is 0 Å². The summed E-state index contributed by atoms with van der Waals surface area (Å²) < 4.78 is 22.8. The summed E-state index contributed by atoms with van der Waals surface area (Å²) in [5.41, 5.74) is 0.841. The third kappa shape index (κ3) is 8.83. The van der Waals surface area contributed by atoms with E-state index in [-0.39, 0.29) is 18.3 Å². The molecule has 2 atom stereocenters. The summed E-state index contributed by atoms with van der Waals surface area (Å²) in [4.78, 5) is 53.7.